The minimum atomic E-state index is -3.93. The molecule has 0 bridgehead atoms. The lowest BCUT2D eigenvalue weighted by Crippen LogP contribution is -2.31. The smallest absolute Gasteiger partial charge is 0.321 e. The third-order valence-corrected chi connectivity index (χ3v) is 4.16. The number of nitrogen functional groups attached to an aromatic ring is 1. The van der Waals surface area contributed by atoms with E-state index in [1.54, 1.807) is 0 Å². The van der Waals surface area contributed by atoms with Gasteiger partial charge in [-0.15, -0.1) is 0 Å². The molecule has 4 unspecified atom stereocenters. The number of halogens is 1. The van der Waals surface area contributed by atoms with Crippen LogP contribution in [0.15, 0.2) is 12.7 Å². The number of aliphatic hydroxyl groups is 1. The van der Waals surface area contributed by atoms with Gasteiger partial charge in [0.05, 0.1) is 12.9 Å². The van der Waals surface area contributed by atoms with Gasteiger partial charge in [-0.05, 0) is 11.8 Å². The number of alkyl halides is 1. The fraction of sp³-hybridized carbons (Fsp3) is 0.500. The number of hydrogen-bond acceptors (Lipinski definition) is 8. The van der Waals surface area contributed by atoms with Gasteiger partial charge in [-0.2, -0.15) is 0 Å². The predicted molar refractivity (Wildman–Crippen MR) is 79.2 cm³/mol. The van der Waals surface area contributed by atoms with Crippen molar-refractivity contribution >= 4 is 35.5 Å². The molecule has 3 rings (SSSR count). The number of imidazole rings is 1. The first kappa shape index (κ1) is 16.6. The summed E-state index contributed by atoms with van der Waals surface area (Å²) < 4.78 is 25.6. The number of nitrogens with two attached hydrogens (primary N) is 1. The van der Waals surface area contributed by atoms with Crippen LogP contribution in [0.25, 0.3) is 11.2 Å². The molecule has 1 aliphatic rings. The lowest BCUT2D eigenvalue weighted by molar-refractivity contribution is -0.0429. The van der Waals surface area contributed by atoms with Crippen LogP contribution in [0.4, 0.5) is 10.2 Å². The molecule has 1 aliphatic heterocycles. The zero-order valence-electron chi connectivity index (χ0n) is 11.4. The van der Waals surface area contributed by atoms with Gasteiger partial charge in [-0.1, -0.05) is 0 Å². The SMILES string of the molecule is Nc1ncnc2c1ncn2C1OC(COP(O)(O)=S)C(O)C1F. The molecule has 13 heteroatoms. The van der Waals surface area contributed by atoms with E-state index in [0.717, 1.165) is 0 Å². The number of hydrogen-bond donors (Lipinski definition) is 4. The highest BCUT2D eigenvalue weighted by molar-refractivity contribution is 8.06. The van der Waals surface area contributed by atoms with Gasteiger partial charge in [0, 0.05) is 0 Å². The lowest BCUT2D eigenvalue weighted by atomic mass is 10.1. The van der Waals surface area contributed by atoms with E-state index in [1.165, 1.54) is 17.2 Å². The van der Waals surface area contributed by atoms with Gasteiger partial charge in [-0.25, -0.2) is 19.3 Å². The number of fused-ring (bicyclic) bond motifs is 1. The van der Waals surface area contributed by atoms with Gasteiger partial charge in [-0.3, -0.25) is 4.57 Å². The van der Waals surface area contributed by atoms with Gasteiger partial charge < -0.3 is 29.9 Å². The maximum Gasteiger partial charge on any atom is 0.321 e. The molecule has 0 aromatic carbocycles. The molecule has 1 saturated heterocycles. The monoisotopic (exact) mass is 365 g/mol. The molecule has 0 amide bonds. The second-order valence-corrected chi connectivity index (χ2v) is 7.54. The van der Waals surface area contributed by atoms with Gasteiger partial charge in [0.15, 0.2) is 23.9 Å². The number of anilines is 1. The van der Waals surface area contributed by atoms with Crippen LogP contribution in [-0.4, -0.2) is 59.4 Å². The van der Waals surface area contributed by atoms with E-state index in [-0.39, 0.29) is 17.0 Å². The van der Waals surface area contributed by atoms with Crippen molar-refractivity contribution < 1.29 is 28.5 Å². The summed E-state index contributed by atoms with van der Waals surface area (Å²) in [7, 11) is 0. The maximum atomic E-state index is 14.3. The Labute approximate surface area is 134 Å². The summed E-state index contributed by atoms with van der Waals surface area (Å²) in [5.74, 6) is 0.129. The van der Waals surface area contributed by atoms with Crippen molar-refractivity contribution in [3.63, 3.8) is 0 Å². The van der Waals surface area contributed by atoms with E-state index < -0.39 is 37.9 Å². The number of rotatable bonds is 4. The van der Waals surface area contributed by atoms with Gasteiger partial charge in [0.1, 0.15) is 24.1 Å². The van der Waals surface area contributed by atoms with Gasteiger partial charge >= 0.3 is 6.72 Å². The van der Waals surface area contributed by atoms with Crippen LogP contribution in [0.3, 0.4) is 0 Å². The van der Waals surface area contributed by atoms with Crippen LogP contribution in [0.2, 0.25) is 0 Å². The Morgan fingerprint density at radius 1 is 1.43 bits per heavy atom. The van der Waals surface area contributed by atoms with E-state index in [9.17, 15) is 9.50 Å². The van der Waals surface area contributed by atoms with E-state index >= 15 is 0 Å². The molecule has 10 nitrogen and oxygen atoms in total. The Morgan fingerprint density at radius 2 is 2.17 bits per heavy atom. The first-order chi connectivity index (χ1) is 10.8. The number of ether oxygens (including phenoxy) is 1. The van der Waals surface area contributed by atoms with Crippen LogP contribution in [0.5, 0.6) is 0 Å². The Bertz CT molecular complexity index is 771. The fourth-order valence-electron chi connectivity index (χ4n) is 2.29. The second kappa shape index (κ2) is 5.98. The number of aliphatic hydroxyl groups excluding tert-OH is 1. The molecule has 0 spiro atoms. The first-order valence-electron chi connectivity index (χ1n) is 6.38. The van der Waals surface area contributed by atoms with Crippen LogP contribution >= 0.6 is 6.72 Å². The van der Waals surface area contributed by atoms with Crippen molar-refractivity contribution in [3.8, 4) is 0 Å². The third-order valence-electron chi connectivity index (χ3n) is 3.36. The Kier molecular flexibility index (Phi) is 4.31. The molecule has 2 aromatic rings. The largest absolute Gasteiger partial charge is 0.387 e. The summed E-state index contributed by atoms with van der Waals surface area (Å²) >= 11 is 4.30. The van der Waals surface area contributed by atoms with E-state index in [0.29, 0.717) is 0 Å². The average molecular weight is 365 g/mol. The van der Waals surface area contributed by atoms with E-state index in [1.807, 2.05) is 0 Å². The molecule has 3 heterocycles. The first-order valence-corrected chi connectivity index (χ1v) is 9.01. The zero-order chi connectivity index (χ0) is 16.8. The number of aromatic nitrogens is 4. The molecule has 0 aliphatic carbocycles. The zero-order valence-corrected chi connectivity index (χ0v) is 13.1. The molecular formula is C10H13FN5O5PS. The van der Waals surface area contributed by atoms with Gasteiger partial charge in [0.25, 0.3) is 0 Å². The predicted octanol–water partition coefficient (Wildman–Crippen LogP) is -0.769. The summed E-state index contributed by atoms with van der Waals surface area (Å²) in [6, 6.07) is 0. The molecule has 23 heavy (non-hydrogen) atoms. The standard InChI is InChI=1S/C10H13FN5O5PS/c11-5-7(17)4(1-20-22(18,19)23)21-10(5)16-3-15-6-8(12)13-2-14-9(6)16/h2-5,7,10,17H,1H2,(H2,12,13,14)(H2,18,19,23). The lowest BCUT2D eigenvalue weighted by Gasteiger charge is -2.16. The van der Waals surface area contributed by atoms with Crippen molar-refractivity contribution in [2.75, 3.05) is 12.3 Å². The summed E-state index contributed by atoms with van der Waals surface area (Å²) in [5.41, 5.74) is 6.18. The second-order valence-electron chi connectivity index (χ2n) is 4.87. The van der Waals surface area contributed by atoms with Crippen molar-refractivity contribution in [2.45, 2.75) is 24.6 Å². The van der Waals surface area contributed by atoms with Crippen molar-refractivity contribution in [1.82, 2.24) is 19.5 Å². The van der Waals surface area contributed by atoms with Crippen LogP contribution in [0.1, 0.15) is 6.23 Å². The van der Waals surface area contributed by atoms with E-state index in [2.05, 4.69) is 31.3 Å². The normalized spacial score (nSPS) is 28.5. The fourth-order valence-corrected chi connectivity index (χ4v) is 2.82. The summed E-state index contributed by atoms with van der Waals surface area (Å²) in [6.45, 7) is -4.39. The van der Waals surface area contributed by atoms with Crippen LogP contribution in [-0.2, 0) is 21.1 Å². The summed E-state index contributed by atoms with van der Waals surface area (Å²) in [5, 5.41) is 9.89. The summed E-state index contributed by atoms with van der Waals surface area (Å²) in [6.07, 6.45) is -3.25. The van der Waals surface area contributed by atoms with Crippen molar-refractivity contribution in [3.05, 3.63) is 12.7 Å². The number of nitrogens with zero attached hydrogens (tertiary/aromatic N) is 4. The van der Waals surface area contributed by atoms with Crippen molar-refractivity contribution in [1.29, 1.82) is 0 Å². The Morgan fingerprint density at radius 3 is 2.87 bits per heavy atom. The molecule has 5 N–H and O–H groups in total. The summed E-state index contributed by atoms with van der Waals surface area (Å²) in [4.78, 5) is 29.8. The molecular weight excluding hydrogens is 352 g/mol. The Balaban J connectivity index is 1.85. The minimum absolute atomic E-state index is 0.129. The quantitative estimate of drug-likeness (QED) is 0.509. The molecule has 0 radical (unpaired) electrons. The van der Waals surface area contributed by atoms with Gasteiger partial charge in [0.2, 0.25) is 0 Å². The van der Waals surface area contributed by atoms with Crippen molar-refractivity contribution in [2.24, 2.45) is 0 Å². The van der Waals surface area contributed by atoms with Crippen LogP contribution in [0, 0.1) is 0 Å². The topological polar surface area (TPSA) is 149 Å². The molecule has 0 saturated carbocycles. The highest BCUT2D eigenvalue weighted by Crippen LogP contribution is 2.39. The van der Waals surface area contributed by atoms with Crippen LogP contribution < -0.4 is 5.73 Å². The maximum absolute atomic E-state index is 14.3. The Hall–Kier alpha value is -1.27. The molecule has 4 atom stereocenters. The average Bonchev–Trinajstić information content (AvgIpc) is 3.01. The molecule has 126 valence electrons. The molecule has 2 aromatic heterocycles. The minimum Gasteiger partial charge on any atom is -0.387 e. The highest BCUT2D eigenvalue weighted by Gasteiger charge is 2.46. The molecule has 1 fully saturated rings. The highest BCUT2D eigenvalue weighted by atomic mass is 32.5. The van der Waals surface area contributed by atoms with E-state index in [4.69, 9.17) is 20.3 Å². The third kappa shape index (κ3) is 3.19.